The number of rotatable bonds is 6. The van der Waals surface area contributed by atoms with E-state index in [0.29, 0.717) is 11.4 Å². The molecule has 6 heteroatoms. The molecule has 1 aromatic heterocycles. The number of para-hydroxylation sites is 1. The van der Waals surface area contributed by atoms with E-state index in [9.17, 15) is 9.90 Å². The maximum absolute atomic E-state index is 11.6. The average molecular weight is 276 g/mol. The topological polar surface area (TPSA) is 84.4 Å². The summed E-state index contributed by atoms with van der Waals surface area (Å²) in [6.07, 6.45) is 0.422. The Morgan fingerprint density at radius 2 is 2.15 bits per heavy atom. The molecule has 0 saturated carbocycles. The number of aromatic amines is 1. The molecule has 1 unspecified atom stereocenters. The fourth-order valence-electron chi connectivity index (χ4n) is 1.72. The van der Waals surface area contributed by atoms with Gasteiger partial charge in [0.1, 0.15) is 5.75 Å². The van der Waals surface area contributed by atoms with Crippen LogP contribution in [0.15, 0.2) is 36.7 Å². The van der Waals surface area contributed by atoms with Gasteiger partial charge in [-0.2, -0.15) is 0 Å². The first kappa shape index (κ1) is 14.1. The lowest BCUT2D eigenvalue weighted by Gasteiger charge is -2.13. The van der Waals surface area contributed by atoms with Gasteiger partial charge in [0.2, 0.25) is 6.29 Å². The van der Waals surface area contributed by atoms with E-state index in [0.717, 1.165) is 0 Å². The van der Waals surface area contributed by atoms with Crippen molar-refractivity contribution in [3.63, 3.8) is 0 Å². The Morgan fingerprint density at radius 1 is 1.40 bits per heavy atom. The van der Waals surface area contributed by atoms with Gasteiger partial charge in [0.15, 0.2) is 5.69 Å². The standard InChI is InChI=1S/C14H16N2O4/c1-2-19-14(18)13-11(15-9-16-13)8-12(17)20-10-6-4-3-5-7-10/h3-7,9,12,17H,2,8H2,1H3,(H,15,16). The zero-order chi connectivity index (χ0) is 14.4. The van der Waals surface area contributed by atoms with Gasteiger partial charge in [-0.25, -0.2) is 9.78 Å². The summed E-state index contributed by atoms with van der Waals surface area (Å²) in [6, 6.07) is 8.95. The normalized spacial score (nSPS) is 11.9. The molecule has 0 amide bonds. The van der Waals surface area contributed by atoms with E-state index in [1.165, 1.54) is 6.33 Å². The van der Waals surface area contributed by atoms with Gasteiger partial charge < -0.3 is 19.6 Å². The number of H-pyrrole nitrogens is 1. The molecular weight excluding hydrogens is 260 g/mol. The number of benzene rings is 1. The van der Waals surface area contributed by atoms with Gasteiger partial charge in [0.05, 0.1) is 25.0 Å². The molecule has 0 aliphatic rings. The summed E-state index contributed by atoms with van der Waals surface area (Å²) in [5.74, 6) is 0.0351. The van der Waals surface area contributed by atoms with Crippen LogP contribution in [0.5, 0.6) is 5.75 Å². The number of esters is 1. The summed E-state index contributed by atoms with van der Waals surface area (Å²) in [6.45, 7) is 1.99. The number of aromatic nitrogens is 2. The summed E-state index contributed by atoms with van der Waals surface area (Å²) in [4.78, 5) is 18.3. The Kier molecular flexibility index (Phi) is 4.73. The number of nitrogens with one attached hydrogen (secondary N) is 1. The van der Waals surface area contributed by atoms with E-state index in [1.807, 2.05) is 18.2 Å². The minimum atomic E-state index is -1.08. The van der Waals surface area contributed by atoms with Gasteiger partial charge >= 0.3 is 5.97 Å². The highest BCUT2D eigenvalue weighted by atomic mass is 16.6. The molecule has 20 heavy (non-hydrogen) atoms. The minimum Gasteiger partial charge on any atom is -0.465 e. The number of nitrogens with zero attached hydrogens (tertiary/aromatic N) is 1. The van der Waals surface area contributed by atoms with Crippen LogP contribution in [0.4, 0.5) is 0 Å². The Balaban J connectivity index is 2.00. The van der Waals surface area contributed by atoms with Crippen molar-refractivity contribution in [2.75, 3.05) is 6.61 Å². The van der Waals surface area contributed by atoms with Crippen LogP contribution < -0.4 is 4.74 Å². The molecule has 106 valence electrons. The van der Waals surface area contributed by atoms with E-state index in [2.05, 4.69) is 9.97 Å². The predicted molar refractivity (Wildman–Crippen MR) is 71.3 cm³/mol. The van der Waals surface area contributed by atoms with E-state index in [1.54, 1.807) is 19.1 Å². The highest BCUT2D eigenvalue weighted by molar-refractivity contribution is 5.88. The van der Waals surface area contributed by atoms with Crippen LogP contribution in [-0.4, -0.2) is 33.9 Å². The molecule has 2 aromatic rings. The monoisotopic (exact) mass is 276 g/mol. The highest BCUT2D eigenvalue weighted by Crippen LogP contribution is 2.13. The zero-order valence-corrected chi connectivity index (χ0v) is 11.1. The lowest BCUT2D eigenvalue weighted by atomic mass is 10.2. The van der Waals surface area contributed by atoms with E-state index in [4.69, 9.17) is 9.47 Å². The van der Waals surface area contributed by atoms with Crippen LogP contribution in [0.2, 0.25) is 0 Å². The first-order valence-electron chi connectivity index (χ1n) is 6.30. The van der Waals surface area contributed by atoms with Crippen molar-refractivity contribution in [2.24, 2.45) is 0 Å². The third kappa shape index (κ3) is 3.58. The van der Waals surface area contributed by atoms with Gasteiger partial charge in [-0.05, 0) is 19.1 Å². The van der Waals surface area contributed by atoms with Gasteiger partial charge in [0, 0.05) is 0 Å². The maximum Gasteiger partial charge on any atom is 0.358 e. The number of imidazole rings is 1. The first-order valence-corrected chi connectivity index (χ1v) is 6.30. The van der Waals surface area contributed by atoms with Crippen molar-refractivity contribution in [3.05, 3.63) is 48.0 Å². The number of carbonyl (C=O) groups excluding carboxylic acids is 1. The molecule has 0 fully saturated rings. The number of carbonyl (C=O) groups is 1. The zero-order valence-electron chi connectivity index (χ0n) is 11.1. The predicted octanol–water partition coefficient (Wildman–Crippen LogP) is 1.53. The van der Waals surface area contributed by atoms with Crippen LogP contribution in [0.3, 0.4) is 0 Å². The molecule has 0 saturated heterocycles. The second kappa shape index (κ2) is 6.72. The number of ether oxygens (including phenoxy) is 2. The average Bonchev–Trinajstić information content (AvgIpc) is 2.88. The van der Waals surface area contributed by atoms with Crippen LogP contribution >= 0.6 is 0 Å². The van der Waals surface area contributed by atoms with Crippen LogP contribution in [0.1, 0.15) is 23.1 Å². The summed E-state index contributed by atoms with van der Waals surface area (Å²) in [7, 11) is 0. The van der Waals surface area contributed by atoms with E-state index < -0.39 is 12.3 Å². The van der Waals surface area contributed by atoms with E-state index >= 15 is 0 Å². The molecule has 6 nitrogen and oxygen atoms in total. The minimum absolute atomic E-state index is 0.114. The van der Waals surface area contributed by atoms with Gasteiger partial charge in [-0.3, -0.25) is 0 Å². The van der Waals surface area contributed by atoms with Crippen molar-refractivity contribution in [1.82, 2.24) is 9.97 Å². The van der Waals surface area contributed by atoms with Crippen molar-refractivity contribution >= 4 is 5.97 Å². The van der Waals surface area contributed by atoms with Crippen molar-refractivity contribution < 1.29 is 19.4 Å². The quantitative estimate of drug-likeness (QED) is 0.617. The van der Waals surface area contributed by atoms with Gasteiger partial charge in [-0.1, -0.05) is 18.2 Å². The molecule has 1 aromatic carbocycles. The second-order valence-corrected chi connectivity index (χ2v) is 4.04. The lowest BCUT2D eigenvalue weighted by molar-refractivity contribution is -0.0166. The molecule has 0 aliphatic heterocycles. The Bertz CT molecular complexity index is 553. The molecular formula is C14H16N2O4. The fourth-order valence-corrected chi connectivity index (χ4v) is 1.72. The van der Waals surface area contributed by atoms with Crippen molar-refractivity contribution in [3.8, 4) is 5.75 Å². The summed E-state index contributed by atoms with van der Waals surface area (Å²) < 4.78 is 10.2. The second-order valence-electron chi connectivity index (χ2n) is 4.04. The third-order valence-electron chi connectivity index (χ3n) is 2.58. The van der Waals surface area contributed by atoms with Gasteiger partial charge in [0.25, 0.3) is 0 Å². The molecule has 0 spiro atoms. The Labute approximate surface area is 116 Å². The van der Waals surface area contributed by atoms with Crippen LogP contribution in [0.25, 0.3) is 0 Å². The van der Waals surface area contributed by atoms with E-state index in [-0.39, 0.29) is 18.7 Å². The van der Waals surface area contributed by atoms with Gasteiger partial charge in [-0.15, -0.1) is 0 Å². The SMILES string of the molecule is CCOC(=O)c1nc[nH]c1CC(O)Oc1ccccc1. The van der Waals surface area contributed by atoms with Crippen molar-refractivity contribution in [1.29, 1.82) is 0 Å². The first-order chi connectivity index (χ1) is 9.70. The van der Waals surface area contributed by atoms with Crippen LogP contribution in [0, 0.1) is 0 Å². The summed E-state index contributed by atoms with van der Waals surface area (Å²) >= 11 is 0. The Morgan fingerprint density at radius 3 is 2.85 bits per heavy atom. The maximum atomic E-state index is 11.6. The third-order valence-corrected chi connectivity index (χ3v) is 2.58. The highest BCUT2D eigenvalue weighted by Gasteiger charge is 2.19. The molecule has 0 bridgehead atoms. The molecule has 2 N–H and O–H groups in total. The van der Waals surface area contributed by atoms with Crippen molar-refractivity contribution in [2.45, 2.75) is 19.6 Å². The number of hydrogen-bond donors (Lipinski definition) is 2. The van der Waals surface area contributed by atoms with Crippen LogP contribution in [-0.2, 0) is 11.2 Å². The molecule has 1 heterocycles. The lowest BCUT2D eigenvalue weighted by Crippen LogP contribution is -2.20. The largest absolute Gasteiger partial charge is 0.465 e. The number of hydrogen-bond acceptors (Lipinski definition) is 5. The molecule has 0 radical (unpaired) electrons. The smallest absolute Gasteiger partial charge is 0.358 e. The number of aliphatic hydroxyl groups is 1. The molecule has 0 aliphatic carbocycles. The molecule has 2 rings (SSSR count). The fraction of sp³-hybridized carbons (Fsp3) is 0.286. The number of aliphatic hydroxyl groups excluding tert-OH is 1. The Hall–Kier alpha value is -2.34. The molecule has 1 atom stereocenters. The summed E-state index contributed by atoms with van der Waals surface area (Å²) in [5.41, 5.74) is 0.648. The summed E-state index contributed by atoms with van der Waals surface area (Å²) in [5, 5.41) is 9.89.